The molecule has 0 aliphatic carbocycles. The normalized spacial score (nSPS) is 11.1. The lowest BCUT2D eigenvalue weighted by molar-refractivity contribution is 0.0951. The maximum absolute atomic E-state index is 12.4. The van der Waals surface area contributed by atoms with Crippen LogP contribution in [0.2, 0.25) is 0 Å². The van der Waals surface area contributed by atoms with E-state index in [0.29, 0.717) is 23.2 Å². The number of carbonyl (C=O) groups is 2. The summed E-state index contributed by atoms with van der Waals surface area (Å²) >= 11 is 0. The first-order chi connectivity index (χ1) is 18.9. The highest BCUT2D eigenvalue weighted by Crippen LogP contribution is 2.23. The highest BCUT2D eigenvalue weighted by Gasteiger charge is 2.12. The Morgan fingerprint density at radius 2 is 1.18 bits per heavy atom. The van der Waals surface area contributed by atoms with Gasteiger partial charge in [0.1, 0.15) is 0 Å². The molecule has 0 saturated carbocycles. The van der Waals surface area contributed by atoms with Crippen LogP contribution in [-0.2, 0) is 0 Å². The van der Waals surface area contributed by atoms with E-state index in [0.717, 1.165) is 44.6 Å². The Morgan fingerprint density at radius 3 is 1.72 bits per heavy atom. The highest BCUT2D eigenvalue weighted by molar-refractivity contribution is 6.08. The van der Waals surface area contributed by atoms with E-state index < -0.39 is 5.91 Å². The molecule has 39 heavy (non-hydrogen) atoms. The fraction of sp³-hybridized carbons (Fsp3) is 0.125. The van der Waals surface area contributed by atoms with Gasteiger partial charge in [0.15, 0.2) is 0 Å². The molecule has 0 fully saturated rings. The summed E-state index contributed by atoms with van der Waals surface area (Å²) in [6.07, 6.45) is 0. The van der Waals surface area contributed by atoms with Crippen LogP contribution < -0.4 is 11.1 Å². The third-order valence-electron chi connectivity index (χ3n) is 6.45. The molecule has 6 aromatic rings. The molecule has 0 spiro atoms. The molecule has 0 saturated heterocycles. The van der Waals surface area contributed by atoms with E-state index >= 15 is 0 Å². The quantitative estimate of drug-likeness (QED) is 0.309. The van der Waals surface area contributed by atoms with Crippen molar-refractivity contribution in [2.45, 2.75) is 0 Å². The number of benzene rings is 4. The van der Waals surface area contributed by atoms with Crippen molar-refractivity contribution >= 4 is 55.4 Å². The molecule has 0 unspecified atom stereocenters. The van der Waals surface area contributed by atoms with Crippen LogP contribution in [0.25, 0.3) is 43.6 Å². The van der Waals surface area contributed by atoms with Gasteiger partial charge in [-0.2, -0.15) is 0 Å². The minimum atomic E-state index is -0.446. The van der Waals surface area contributed by atoms with Crippen molar-refractivity contribution in [2.24, 2.45) is 5.73 Å². The Balaban J connectivity index is 0.000000163. The number of para-hydroxylation sites is 4. The fourth-order valence-electron chi connectivity index (χ4n) is 4.47. The van der Waals surface area contributed by atoms with Gasteiger partial charge in [-0.25, -0.2) is 9.97 Å². The first kappa shape index (κ1) is 25.8. The summed E-state index contributed by atoms with van der Waals surface area (Å²) in [5.41, 5.74) is 9.63. The molecule has 0 aliphatic heterocycles. The third-order valence-corrected chi connectivity index (χ3v) is 6.45. The van der Waals surface area contributed by atoms with Crippen molar-refractivity contribution in [3.8, 4) is 0 Å². The van der Waals surface area contributed by atoms with E-state index in [9.17, 15) is 9.59 Å². The molecule has 0 atom stereocenters. The van der Waals surface area contributed by atoms with E-state index in [4.69, 9.17) is 5.73 Å². The number of carbonyl (C=O) groups excluding carboxylic acids is 2. The molecule has 0 radical (unpaired) electrons. The Morgan fingerprint density at radius 1 is 0.692 bits per heavy atom. The zero-order valence-electron chi connectivity index (χ0n) is 21.9. The smallest absolute Gasteiger partial charge is 0.253 e. The zero-order valence-corrected chi connectivity index (χ0v) is 21.9. The molecule has 7 heteroatoms. The maximum atomic E-state index is 12.4. The number of pyridine rings is 2. The van der Waals surface area contributed by atoms with Gasteiger partial charge in [-0.05, 0) is 50.5 Å². The number of fused-ring (bicyclic) bond motifs is 4. The number of hydrogen-bond donors (Lipinski definition) is 2. The Hall–Kier alpha value is -4.88. The van der Waals surface area contributed by atoms with Gasteiger partial charge in [-0.3, -0.25) is 9.59 Å². The second-order valence-electron chi connectivity index (χ2n) is 9.54. The van der Waals surface area contributed by atoms with Crippen LogP contribution in [0.3, 0.4) is 0 Å². The van der Waals surface area contributed by atoms with Gasteiger partial charge in [0.25, 0.3) is 11.8 Å². The number of nitrogens with two attached hydrogens (primary N) is 1. The van der Waals surface area contributed by atoms with Crippen molar-refractivity contribution in [1.82, 2.24) is 20.2 Å². The van der Waals surface area contributed by atoms with Crippen LogP contribution in [0, 0.1) is 0 Å². The Bertz CT molecular complexity index is 1830. The van der Waals surface area contributed by atoms with E-state index in [1.165, 1.54) is 0 Å². The van der Waals surface area contributed by atoms with Gasteiger partial charge in [0.05, 0.1) is 33.2 Å². The first-order valence-corrected chi connectivity index (χ1v) is 12.7. The van der Waals surface area contributed by atoms with Gasteiger partial charge in [0, 0.05) is 34.6 Å². The van der Waals surface area contributed by atoms with Crippen LogP contribution >= 0.6 is 0 Å². The Labute approximate surface area is 226 Å². The number of nitrogens with one attached hydrogen (secondary N) is 1. The van der Waals surface area contributed by atoms with Crippen molar-refractivity contribution in [3.63, 3.8) is 0 Å². The number of likely N-dealkylation sites (N-methyl/N-ethyl adjacent to an activating group) is 1. The van der Waals surface area contributed by atoms with Crippen LogP contribution in [0.5, 0.6) is 0 Å². The lowest BCUT2D eigenvalue weighted by Gasteiger charge is -2.11. The van der Waals surface area contributed by atoms with Crippen molar-refractivity contribution in [3.05, 3.63) is 108 Å². The third kappa shape index (κ3) is 5.68. The fourth-order valence-corrected chi connectivity index (χ4v) is 4.47. The van der Waals surface area contributed by atoms with E-state index in [1.54, 1.807) is 6.07 Å². The number of amides is 2. The van der Waals surface area contributed by atoms with E-state index in [2.05, 4.69) is 21.4 Å². The maximum Gasteiger partial charge on any atom is 0.253 e. The van der Waals surface area contributed by atoms with Crippen molar-refractivity contribution in [1.29, 1.82) is 0 Å². The predicted molar refractivity (Wildman–Crippen MR) is 158 cm³/mol. The average Bonchev–Trinajstić information content (AvgIpc) is 2.94. The molecule has 2 heterocycles. The summed E-state index contributed by atoms with van der Waals surface area (Å²) in [6.45, 7) is 1.43. The van der Waals surface area contributed by atoms with Gasteiger partial charge in [0.2, 0.25) is 0 Å². The molecule has 194 valence electrons. The second kappa shape index (κ2) is 11.2. The number of rotatable bonds is 5. The molecular weight excluding hydrogens is 486 g/mol. The summed E-state index contributed by atoms with van der Waals surface area (Å²) in [5, 5.41) is 7.01. The van der Waals surface area contributed by atoms with E-state index in [1.807, 2.05) is 104 Å². The summed E-state index contributed by atoms with van der Waals surface area (Å²) in [4.78, 5) is 34.9. The lowest BCUT2D eigenvalue weighted by Crippen LogP contribution is -2.31. The van der Waals surface area contributed by atoms with Gasteiger partial charge in [-0.1, -0.05) is 60.7 Å². The predicted octanol–water partition coefficient (Wildman–Crippen LogP) is 5.17. The second-order valence-corrected chi connectivity index (χ2v) is 9.54. The van der Waals surface area contributed by atoms with Crippen LogP contribution in [-0.4, -0.2) is 53.9 Å². The monoisotopic (exact) mass is 515 g/mol. The molecule has 6 rings (SSSR count). The summed E-state index contributed by atoms with van der Waals surface area (Å²) in [6, 6.07) is 31.0. The molecule has 3 N–H and O–H groups in total. The number of primary amides is 1. The summed E-state index contributed by atoms with van der Waals surface area (Å²) < 4.78 is 0. The number of hydrogen-bond acceptors (Lipinski definition) is 5. The average molecular weight is 516 g/mol. The van der Waals surface area contributed by atoms with E-state index in [-0.39, 0.29) is 5.91 Å². The highest BCUT2D eigenvalue weighted by atomic mass is 16.2. The van der Waals surface area contributed by atoms with Gasteiger partial charge >= 0.3 is 0 Å². The number of nitrogens with zero attached hydrogens (tertiary/aromatic N) is 3. The molecule has 7 nitrogen and oxygen atoms in total. The summed E-state index contributed by atoms with van der Waals surface area (Å²) in [5.74, 6) is -0.520. The largest absolute Gasteiger partial charge is 0.366 e. The Kier molecular flexibility index (Phi) is 7.43. The minimum absolute atomic E-state index is 0.0739. The molecule has 0 aliphatic rings. The van der Waals surface area contributed by atoms with Gasteiger partial charge < -0.3 is 16.0 Å². The number of aromatic nitrogens is 2. The van der Waals surface area contributed by atoms with Crippen LogP contribution in [0.15, 0.2) is 97.1 Å². The SMILES string of the molecule is CN(C)CCNC(=O)c1cccc2cc3ccccc3nc12.NC(=O)c1cccc2cc3ccccc3nc12. The topological polar surface area (TPSA) is 101 Å². The lowest BCUT2D eigenvalue weighted by atomic mass is 10.1. The molecule has 4 aromatic carbocycles. The standard InChI is InChI=1S/C18H19N3O.C14H10N2O/c1-21(2)11-10-19-18(22)15-8-5-7-14-12-13-6-3-4-9-16(13)20-17(14)15;15-14(17)11-6-3-5-10-8-9-4-1-2-7-12(9)16-13(10)11/h3-9,12H,10-11H2,1-2H3,(H,19,22);1-8H,(H2,15,17). The minimum Gasteiger partial charge on any atom is -0.366 e. The molecule has 2 aromatic heterocycles. The van der Waals surface area contributed by atoms with Crippen LogP contribution in [0.1, 0.15) is 20.7 Å². The summed E-state index contributed by atoms with van der Waals surface area (Å²) in [7, 11) is 3.97. The molecule has 2 amide bonds. The van der Waals surface area contributed by atoms with Crippen molar-refractivity contribution < 1.29 is 9.59 Å². The molecular formula is C32H29N5O2. The van der Waals surface area contributed by atoms with Gasteiger partial charge in [-0.15, -0.1) is 0 Å². The van der Waals surface area contributed by atoms with Crippen LogP contribution in [0.4, 0.5) is 0 Å². The first-order valence-electron chi connectivity index (χ1n) is 12.7. The molecule has 0 bridgehead atoms. The zero-order chi connectivity index (χ0) is 27.4. The van der Waals surface area contributed by atoms with Crippen molar-refractivity contribution in [2.75, 3.05) is 27.2 Å².